The van der Waals surface area contributed by atoms with Gasteiger partial charge in [-0.25, -0.2) is 0 Å². The van der Waals surface area contributed by atoms with E-state index >= 15 is 0 Å². The predicted octanol–water partition coefficient (Wildman–Crippen LogP) is 2.55. The predicted molar refractivity (Wildman–Crippen MR) is 63.7 cm³/mol. The van der Waals surface area contributed by atoms with Gasteiger partial charge in [-0.1, -0.05) is 0 Å². The molecule has 1 aliphatic heterocycles. The van der Waals surface area contributed by atoms with Crippen LogP contribution in [0.25, 0.3) is 0 Å². The standard InChI is InChI=1S/C9H11N3O4S/c13-11(14)7-6-8(12(15)16)17-9(7)10-4-2-1-3-5-10/h6H,1-5H2. The van der Waals surface area contributed by atoms with Crippen molar-refractivity contribution in [2.45, 2.75) is 19.3 Å². The zero-order chi connectivity index (χ0) is 12.4. The van der Waals surface area contributed by atoms with Crippen LogP contribution >= 0.6 is 11.3 Å². The normalized spacial score (nSPS) is 15.9. The third-order valence-corrected chi connectivity index (χ3v) is 3.84. The second-order valence-electron chi connectivity index (χ2n) is 3.84. The van der Waals surface area contributed by atoms with E-state index < -0.39 is 9.85 Å². The molecular weight excluding hydrogens is 246 g/mol. The maximum atomic E-state index is 10.9. The Bertz CT molecular complexity index is 453. The summed E-state index contributed by atoms with van der Waals surface area (Å²) in [5.74, 6) is 0. The van der Waals surface area contributed by atoms with E-state index in [9.17, 15) is 20.2 Å². The molecule has 0 amide bonds. The number of nitrogens with zero attached hydrogens (tertiary/aromatic N) is 3. The van der Waals surface area contributed by atoms with Gasteiger partial charge in [-0.15, -0.1) is 0 Å². The molecule has 92 valence electrons. The van der Waals surface area contributed by atoms with Crippen molar-refractivity contribution in [2.75, 3.05) is 18.0 Å². The molecule has 2 heterocycles. The van der Waals surface area contributed by atoms with Crippen molar-refractivity contribution in [2.24, 2.45) is 0 Å². The van der Waals surface area contributed by atoms with Crippen molar-refractivity contribution in [3.63, 3.8) is 0 Å². The molecule has 0 atom stereocenters. The van der Waals surface area contributed by atoms with Gasteiger partial charge in [-0.05, 0) is 30.6 Å². The summed E-state index contributed by atoms with van der Waals surface area (Å²) in [6.45, 7) is 1.47. The van der Waals surface area contributed by atoms with Gasteiger partial charge in [0, 0.05) is 13.1 Å². The Morgan fingerprint density at radius 3 is 2.29 bits per heavy atom. The van der Waals surface area contributed by atoms with E-state index in [0.29, 0.717) is 5.00 Å². The van der Waals surface area contributed by atoms with Crippen molar-refractivity contribution >= 4 is 27.0 Å². The minimum absolute atomic E-state index is 0.149. The Kier molecular flexibility index (Phi) is 3.23. The SMILES string of the molecule is O=[N+]([O-])c1cc([N+](=O)[O-])c(N2CCCCC2)s1. The van der Waals surface area contributed by atoms with Crippen LogP contribution in [0.1, 0.15) is 19.3 Å². The molecule has 1 aliphatic rings. The van der Waals surface area contributed by atoms with E-state index in [1.807, 2.05) is 4.90 Å². The monoisotopic (exact) mass is 257 g/mol. The van der Waals surface area contributed by atoms with Crippen molar-refractivity contribution in [3.05, 3.63) is 26.3 Å². The van der Waals surface area contributed by atoms with Crippen molar-refractivity contribution in [3.8, 4) is 0 Å². The molecular formula is C9H11N3O4S. The minimum atomic E-state index is -0.578. The molecule has 0 aliphatic carbocycles. The van der Waals surface area contributed by atoms with Crippen LogP contribution in [0.4, 0.5) is 15.7 Å². The van der Waals surface area contributed by atoms with E-state index in [0.717, 1.165) is 49.8 Å². The summed E-state index contributed by atoms with van der Waals surface area (Å²) in [6.07, 6.45) is 3.06. The summed E-state index contributed by atoms with van der Waals surface area (Å²) in [5.41, 5.74) is -0.149. The largest absolute Gasteiger partial charge is 0.358 e. The molecule has 8 heteroatoms. The zero-order valence-corrected chi connectivity index (χ0v) is 9.81. The van der Waals surface area contributed by atoms with Crippen LogP contribution in [-0.2, 0) is 0 Å². The number of hydrogen-bond acceptors (Lipinski definition) is 6. The summed E-state index contributed by atoms with van der Waals surface area (Å²) in [5, 5.41) is 21.8. The topological polar surface area (TPSA) is 89.5 Å². The number of piperidine rings is 1. The first-order valence-electron chi connectivity index (χ1n) is 5.27. The van der Waals surface area contributed by atoms with Gasteiger partial charge in [0.05, 0.1) is 9.85 Å². The van der Waals surface area contributed by atoms with Gasteiger partial charge in [0.1, 0.15) is 6.07 Å². The molecule has 0 unspecified atom stereocenters. The molecule has 0 N–H and O–H groups in total. The van der Waals surface area contributed by atoms with E-state index in [1.54, 1.807) is 0 Å². The average Bonchev–Trinajstić information content (AvgIpc) is 2.75. The summed E-state index contributed by atoms with van der Waals surface area (Å²) < 4.78 is 0. The summed E-state index contributed by atoms with van der Waals surface area (Å²) in [6, 6.07) is 1.05. The van der Waals surface area contributed by atoms with Crippen LogP contribution in [0.2, 0.25) is 0 Å². The van der Waals surface area contributed by atoms with Gasteiger partial charge in [-0.3, -0.25) is 20.2 Å². The lowest BCUT2D eigenvalue weighted by atomic mass is 10.1. The first kappa shape index (κ1) is 11.8. The van der Waals surface area contributed by atoms with Gasteiger partial charge < -0.3 is 4.90 Å². The van der Waals surface area contributed by atoms with Gasteiger partial charge in [-0.2, -0.15) is 0 Å². The molecule has 0 spiro atoms. The Balaban J connectivity index is 2.36. The highest BCUT2D eigenvalue weighted by Crippen LogP contribution is 2.42. The number of anilines is 1. The second kappa shape index (κ2) is 4.66. The minimum Gasteiger partial charge on any atom is -0.358 e. The van der Waals surface area contributed by atoms with Gasteiger partial charge >= 0.3 is 10.7 Å². The lowest BCUT2D eigenvalue weighted by Crippen LogP contribution is -2.29. The maximum absolute atomic E-state index is 10.9. The molecule has 7 nitrogen and oxygen atoms in total. The molecule has 0 bridgehead atoms. The second-order valence-corrected chi connectivity index (χ2v) is 4.85. The van der Waals surface area contributed by atoms with Gasteiger partial charge in [0.2, 0.25) is 0 Å². The van der Waals surface area contributed by atoms with Crippen LogP contribution < -0.4 is 4.90 Å². The van der Waals surface area contributed by atoms with E-state index in [1.165, 1.54) is 0 Å². The summed E-state index contributed by atoms with van der Waals surface area (Å²) in [4.78, 5) is 22.3. The Morgan fingerprint density at radius 1 is 1.12 bits per heavy atom. The van der Waals surface area contributed by atoms with Crippen molar-refractivity contribution in [1.82, 2.24) is 0 Å². The molecule has 2 rings (SSSR count). The van der Waals surface area contributed by atoms with Crippen LogP contribution in [-0.4, -0.2) is 22.9 Å². The smallest absolute Gasteiger partial charge is 0.333 e. The first-order chi connectivity index (χ1) is 8.09. The fraction of sp³-hybridized carbons (Fsp3) is 0.556. The van der Waals surface area contributed by atoms with Crippen LogP contribution in [0.15, 0.2) is 6.07 Å². The highest BCUT2D eigenvalue weighted by Gasteiger charge is 2.29. The lowest BCUT2D eigenvalue weighted by molar-refractivity contribution is -0.389. The van der Waals surface area contributed by atoms with Crippen molar-refractivity contribution in [1.29, 1.82) is 0 Å². The molecule has 0 radical (unpaired) electrons. The maximum Gasteiger partial charge on any atom is 0.333 e. The quantitative estimate of drug-likeness (QED) is 0.613. The Hall–Kier alpha value is -1.70. The average molecular weight is 257 g/mol. The third kappa shape index (κ3) is 2.36. The molecule has 1 aromatic rings. The summed E-state index contributed by atoms with van der Waals surface area (Å²) in [7, 11) is 0. The van der Waals surface area contributed by atoms with E-state index in [2.05, 4.69) is 0 Å². The van der Waals surface area contributed by atoms with Crippen LogP contribution in [0, 0.1) is 20.2 Å². The van der Waals surface area contributed by atoms with Gasteiger partial charge in [0.15, 0.2) is 5.00 Å². The number of nitro groups is 2. The Labute approximate surface area is 101 Å². The van der Waals surface area contributed by atoms with E-state index in [4.69, 9.17) is 0 Å². The number of rotatable bonds is 3. The molecule has 1 saturated heterocycles. The van der Waals surface area contributed by atoms with E-state index in [-0.39, 0.29) is 10.7 Å². The summed E-state index contributed by atoms with van der Waals surface area (Å²) >= 11 is 0.888. The first-order valence-corrected chi connectivity index (χ1v) is 6.09. The highest BCUT2D eigenvalue weighted by molar-refractivity contribution is 7.19. The fourth-order valence-corrected chi connectivity index (χ4v) is 2.90. The molecule has 0 saturated carbocycles. The molecule has 1 aromatic heterocycles. The fourth-order valence-electron chi connectivity index (χ4n) is 1.90. The Morgan fingerprint density at radius 2 is 1.76 bits per heavy atom. The van der Waals surface area contributed by atoms with Crippen LogP contribution in [0.5, 0.6) is 0 Å². The van der Waals surface area contributed by atoms with Gasteiger partial charge in [0.25, 0.3) is 0 Å². The molecule has 0 aromatic carbocycles. The zero-order valence-electron chi connectivity index (χ0n) is 9.00. The highest BCUT2D eigenvalue weighted by atomic mass is 32.1. The number of thiophene rings is 1. The van der Waals surface area contributed by atoms with Crippen molar-refractivity contribution < 1.29 is 9.85 Å². The third-order valence-electron chi connectivity index (χ3n) is 2.70. The molecule has 1 fully saturated rings. The lowest BCUT2D eigenvalue weighted by Gasteiger charge is -2.26. The van der Waals surface area contributed by atoms with Crippen LogP contribution in [0.3, 0.4) is 0 Å². The molecule has 17 heavy (non-hydrogen) atoms. The number of hydrogen-bond donors (Lipinski definition) is 0.